The minimum absolute atomic E-state index is 0.153. The molecule has 0 fully saturated rings. The van der Waals surface area contributed by atoms with Gasteiger partial charge in [0.05, 0.1) is 11.3 Å². The Morgan fingerprint density at radius 2 is 1.96 bits per heavy atom. The second kappa shape index (κ2) is 6.36. The number of thiazole rings is 1. The van der Waals surface area contributed by atoms with Gasteiger partial charge in [0, 0.05) is 16.6 Å². The number of hydrogen-bond acceptors (Lipinski definition) is 4. The van der Waals surface area contributed by atoms with Crippen LogP contribution in [0, 0.1) is 11.6 Å². The molecule has 5 nitrogen and oxygen atoms in total. The standard InChI is InChI=1S/C17H14F2N4OS/c18-10-5-3-6-11(19)14(10)13-8-25-17(20-13)21-16(24)15-9-4-1-2-7-12(9)22-23-15/h3,5-6,8H,1-2,4,7H2,(H,22,23)(H,20,21,24). The summed E-state index contributed by atoms with van der Waals surface area (Å²) in [6.45, 7) is 0. The molecule has 0 spiro atoms. The lowest BCUT2D eigenvalue weighted by atomic mass is 9.96. The second-order valence-electron chi connectivity index (χ2n) is 5.83. The fraction of sp³-hybridized carbons (Fsp3) is 0.235. The third-order valence-electron chi connectivity index (χ3n) is 4.21. The molecule has 128 valence electrons. The van der Waals surface area contributed by atoms with Crippen LogP contribution in [-0.2, 0) is 12.8 Å². The van der Waals surface area contributed by atoms with E-state index in [1.54, 1.807) is 0 Å². The van der Waals surface area contributed by atoms with Crippen LogP contribution in [0.1, 0.15) is 34.6 Å². The first-order valence-electron chi connectivity index (χ1n) is 7.91. The van der Waals surface area contributed by atoms with Gasteiger partial charge in [-0.3, -0.25) is 15.2 Å². The van der Waals surface area contributed by atoms with Crippen LogP contribution in [0.15, 0.2) is 23.6 Å². The van der Waals surface area contributed by atoms with E-state index in [0.29, 0.717) is 5.69 Å². The van der Waals surface area contributed by atoms with Gasteiger partial charge in [-0.25, -0.2) is 13.8 Å². The van der Waals surface area contributed by atoms with Crippen molar-refractivity contribution >= 4 is 22.4 Å². The summed E-state index contributed by atoms with van der Waals surface area (Å²) in [4.78, 5) is 16.6. The quantitative estimate of drug-likeness (QED) is 0.743. The minimum Gasteiger partial charge on any atom is -0.296 e. The largest absolute Gasteiger partial charge is 0.296 e. The number of aromatic nitrogens is 3. The molecule has 1 aliphatic carbocycles. The number of aromatic amines is 1. The summed E-state index contributed by atoms with van der Waals surface area (Å²) in [5.74, 6) is -1.75. The number of anilines is 1. The molecule has 0 saturated heterocycles. The number of aryl methyl sites for hydroxylation is 1. The number of carbonyl (C=O) groups is 1. The molecule has 0 bridgehead atoms. The van der Waals surface area contributed by atoms with Gasteiger partial charge in [0.2, 0.25) is 0 Å². The van der Waals surface area contributed by atoms with E-state index in [1.165, 1.54) is 23.6 Å². The zero-order valence-electron chi connectivity index (χ0n) is 13.1. The first-order valence-corrected chi connectivity index (χ1v) is 8.79. The van der Waals surface area contributed by atoms with E-state index in [9.17, 15) is 13.6 Å². The van der Waals surface area contributed by atoms with Crippen LogP contribution in [0.3, 0.4) is 0 Å². The van der Waals surface area contributed by atoms with Crippen molar-refractivity contribution in [2.45, 2.75) is 25.7 Å². The summed E-state index contributed by atoms with van der Waals surface area (Å²) < 4.78 is 27.7. The Balaban J connectivity index is 1.57. The topological polar surface area (TPSA) is 70.7 Å². The first kappa shape index (κ1) is 15.9. The Morgan fingerprint density at radius 1 is 1.20 bits per heavy atom. The number of fused-ring (bicyclic) bond motifs is 1. The highest BCUT2D eigenvalue weighted by atomic mass is 32.1. The highest BCUT2D eigenvalue weighted by Crippen LogP contribution is 2.30. The molecule has 1 amide bonds. The van der Waals surface area contributed by atoms with Crippen molar-refractivity contribution < 1.29 is 13.6 Å². The summed E-state index contributed by atoms with van der Waals surface area (Å²) in [6.07, 6.45) is 3.82. The molecule has 0 radical (unpaired) electrons. The molecule has 0 saturated carbocycles. The number of nitrogens with one attached hydrogen (secondary N) is 2. The number of amides is 1. The summed E-state index contributed by atoms with van der Waals surface area (Å²) in [5.41, 5.74) is 2.27. The van der Waals surface area contributed by atoms with Gasteiger partial charge < -0.3 is 0 Å². The van der Waals surface area contributed by atoms with Crippen LogP contribution < -0.4 is 5.32 Å². The molecular formula is C17H14F2N4OS. The molecule has 25 heavy (non-hydrogen) atoms. The van der Waals surface area contributed by atoms with E-state index >= 15 is 0 Å². The van der Waals surface area contributed by atoms with Crippen molar-refractivity contribution in [1.82, 2.24) is 15.2 Å². The van der Waals surface area contributed by atoms with Crippen molar-refractivity contribution in [3.8, 4) is 11.3 Å². The molecule has 2 heterocycles. The highest BCUT2D eigenvalue weighted by molar-refractivity contribution is 7.14. The third-order valence-corrected chi connectivity index (χ3v) is 4.97. The molecule has 8 heteroatoms. The van der Waals surface area contributed by atoms with Gasteiger partial charge in [0.15, 0.2) is 10.8 Å². The maximum absolute atomic E-state index is 13.8. The number of rotatable bonds is 3. The minimum atomic E-state index is -0.690. The van der Waals surface area contributed by atoms with Crippen LogP contribution in [0.25, 0.3) is 11.3 Å². The summed E-state index contributed by atoms with van der Waals surface area (Å²) in [7, 11) is 0. The Labute approximate surface area is 146 Å². The van der Waals surface area contributed by atoms with Crippen molar-refractivity contribution in [3.63, 3.8) is 0 Å². The SMILES string of the molecule is O=C(Nc1nc(-c2c(F)cccc2F)cs1)c1n[nH]c2c1CCCC2. The average molecular weight is 360 g/mol. The monoisotopic (exact) mass is 360 g/mol. The van der Waals surface area contributed by atoms with Crippen molar-refractivity contribution in [2.24, 2.45) is 0 Å². The van der Waals surface area contributed by atoms with Gasteiger partial charge in [-0.1, -0.05) is 6.07 Å². The molecule has 4 rings (SSSR count). The lowest BCUT2D eigenvalue weighted by molar-refractivity contribution is 0.102. The normalized spacial score (nSPS) is 13.5. The van der Waals surface area contributed by atoms with E-state index in [2.05, 4.69) is 20.5 Å². The molecular weight excluding hydrogens is 346 g/mol. The van der Waals surface area contributed by atoms with Crippen LogP contribution in [0.4, 0.5) is 13.9 Å². The molecule has 0 aliphatic heterocycles. The predicted molar refractivity (Wildman–Crippen MR) is 90.6 cm³/mol. The molecule has 3 aromatic rings. The van der Waals surface area contributed by atoms with Gasteiger partial charge >= 0.3 is 0 Å². The summed E-state index contributed by atoms with van der Waals surface area (Å²) >= 11 is 1.11. The van der Waals surface area contributed by atoms with E-state index in [-0.39, 0.29) is 22.3 Å². The molecule has 0 atom stereocenters. The first-order chi connectivity index (χ1) is 12.1. The average Bonchev–Trinajstić information content (AvgIpc) is 3.21. The van der Waals surface area contributed by atoms with Gasteiger partial charge in [-0.05, 0) is 37.8 Å². The molecule has 2 aromatic heterocycles. The molecule has 1 aliphatic rings. The van der Waals surface area contributed by atoms with Crippen molar-refractivity contribution in [3.05, 3.63) is 52.2 Å². The van der Waals surface area contributed by atoms with Crippen LogP contribution in [0.5, 0.6) is 0 Å². The molecule has 1 aromatic carbocycles. The fourth-order valence-electron chi connectivity index (χ4n) is 3.01. The fourth-order valence-corrected chi connectivity index (χ4v) is 3.71. The van der Waals surface area contributed by atoms with E-state index < -0.39 is 11.6 Å². The number of nitrogens with zero attached hydrogens (tertiary/aromatic N) is 2. The lowest BCUT2D eigenvalue weighted by Gasteiger charge is -2.10. The predicted octanol–water partition coefficient (Wildman–Crippen LogP) is 3.94. The lowest BCUT2D eigenvalue weighted by Crippen LogP contribution is -2.15. The van der Waals surface area contributed by atoms with Gasteiger partial charge in [-0.15, -0.1) is 11.3 Å². The van der Waals surface area contributed by atoms with E-state index in [4.69, 9.17) is 0 Å². The third kappa shape index (κ3) is 2.93. The maximum Gasteiger partial charge on any atom is 0.278 e. The second-order valence-corrected chi connectivity index (χ2v) is 6.68. The van der Waals surface area contributed by atoms with Gasteiger partial charge in [-0.2, -0.15) is 5.10 Å². The Hall–Kier alpha value is -2.61. The Bertz CT molecular complexity index is 930. The number of hydrogen-bond donors (Lipinski definition) is 2. The van der Waals surface area contributed by atoms with Crippen molar-refractivity contribution in [1.29, 1.82) is 0 Å². The van der Waals surface area contributed by atoms with E-state index in [0.717, 1.165) is 48.3 Å². The van der Waals surface area contributed by atoms with Crippen LogP contribution >= 0.6 is 11.3 Å². The highest BCUT2D eigenvalue weighted by Gasteiger charge is 2.23. The van der Waals surface area contributed by atoms with Crippen LogP contribution in [-0.4, -0.2) is 21.1 Å². The number of carbonyl (C=O) groups excluding carboxylic acids is 1. The molecule has 2 N–H and O–H groups in total. The van der Waals surface area contributed by atoms with Crippen molar-refractivity contribution in [2.75, 3.05) is 5.32 Å². The zero-order chi connectivity index (χ0) is 17.4. The number of benzene rings is 1. The molecule has 0 unspecified atom stereocenters. The summed E-state index contributed by atoms with van der Waals surface area (Å²) in [5, 5.41) is 11.5. The summed E-state index contributed by atoms with van der Waals surface area (Å²) in [6, 6.07) is 3.64. The Kier molecular flexibility index (Phi) is 4.04. The Morgan fingerprint density at radius 3 is 2.76 bits per heavy atom. The smallest absolute Gasteiger partial charge is 0.278 e. The number of halogens is 2. The maximum atomic E-state index is 13.8. The zero-order valence-corrected chi connectivity index (χ0v) is 13.9. The van der Waals surface area contributed by atoms with E-state index in [1.807, 2.05) is 0 Å². The van der Waals surface area contributed by atoms with Crippen LogP contribution in [0.2, 0.25) is 0 Å². The van der Waals surface area contributed by atoms with Gasteiger partial charge in [0.25, 0.3) is 5.91 Å². The number of H-pyrrole nitrogens is 1. The van der Waals surface area contributed by atoms with Gasteiger partial charge in [0.1, 0.15) is 11.6 Å².